The summed E-state index contributed by atoms with van der Waals surface area (Å²) >= 11 is 0. The van der Waals surface area contributed by atoms with E-state index in [9.17, 15) is 4.79 Å². The van der Waals surface area contributed by atoms with Crippen LogP contribution in [-0.2, 0) is 17.9 Å². The molecule has 0 spiro atoms. The number of primary amides is 1. The molecule has 0 radical (unpaired) electrons. The van der Waals surface area contributed by atoms with Gasteiger partial charge in [0.15, 0.2) is 0 Å². The molecule has 0 bridgehead atoms. The van der Waals surface area contributed by atoms with Crippen molar-refractivity contribution in [1.29, 1.82) is 0 Å². The molecular formula is C23H27N3O2. The van der Waals surface area contributed by atoms with Crippen molar-refractivity contribution in [3.8, 4) is 18.1 Å². The summed E-state index contributed by atoms with van der Waals surface area (Å²) in [5, 5.41) is 3.47. The summed E-state index contributed by atoms with van der Waals surface area (Å²) in [6, 6.07) is 16.3. The number of carbonyl (C=O) groups excluding carboxylic acids is 1. The van der Waals surface area contributed by atoms with Crippen molar-refractivity contribution < 1.29 is 9.53 Å². The fourth-order valence-electron chi connectivity index (χ4n) is 3.52. The Morgan fingerprint density at radius 3 is 2.75 bits per heavy atom. The molecule has 1 aliphatic heterocycles. The van der Waals surface area contributed by atoms with Crippen LogP contribution in [-0.4, -0.2) is 30.5 Å². The van der Waals surface area contributed by atoms with Crippen molar-refractivity contribution in [2.24, 2.45) is 11.7 Å². The van der Waals surface area contributed by atoms with Gasteiger partial charge in [0.1, 0.15) is 12.4 Å². The second kappa shape index (κ2) is 9.82. The fourth-order valence-corrected chi connectivity index (χ4v) is 3.52. The largest absolute Gasteiger partial charge is 0.481 e. The number of anilines is 1. The molecular weight excluding hydrogens is 350 g/mol. The molecule has 28 heavy (non-hydrogen) atoms. The van der Waals surface area contributed by atoms with Gasteiger partial charge in [0.2, 0.25) is 5.91 Å². The highest BCUT2D eigenvalue weighted by atomic mass is 16.5. The molecule has 1 fully saturated rings. The molecule has 2 aromatic rings. The number of nitrogens with one attached hydrogen (secondary N) is 1. The van der Waals surface area contributed by atoms with Crippen molar-refractivity contribution in [2.75, 3.05) is 25.0 Å². The zero-order valence-corrected chi connectivity index (χ0v) is 16.1. The van der Waals surface area contributed by atoms with Gasteiger partial charge in [-0.1, -0.05) is 36.3 Å². The van der Waals surface area contributed by atoms with Gasteiger partial charge in [-0.15, -0.1) is 6.42 Å². The van der Waals surface area contributed by atoms with Crippen LogP contribution in [0.3, 0.4) is 0 Å². The number of ether oxygens (including phenoxy) is 1. The summed E-state index contributed by atoms with van der Waals surface area (Å²) < 4.78 is 5.61. The summed E-state index contributed by atoms with van der Waals surface area (Å²) in [5.74, 6) is 3.17. The lowest BCUT2D eigenvalue weighted by atomic mass is 9.96. The van der Waals surface area contributed by atoms with Gasteiger partial charge in [0, 0.05) is 30.3 Å². The number of hydrogen-bond donors (Lipinski definition) is 2. The number of likely N-dealkylation sites (tertiary alicyclic amines) is 1. The predicted molar refractivity (Wildman–Crippen MR) is 112 cm³/mol. The summed E-state index contributed by atoms with van der Waals surface area (Å²) in [5.41, 5.74) is 8.80. The molecule has 5 heteroatoms. The number of rotatable bonds is 8. The van der Waals surface area contributed by atoms with E-state index in [4.69, 9.17) is 16.9 Å². The average Bonchev–Trinajstić information content (AvgIpc) is 2.72. The van der Waals surface area contributed by atoms with E-state index in [0.717, 1.165) is 49.5 Å². The maximum Gasteiger partial charge on any atom is 0.220 e. The van der Waals surface area contributed by atoms with E-state index >= 15 is 0 Å². The topological polar surface area (TPSA) is 67.6 Å². The quantitative estimate of drug-likeness (QED) is 0.694. The van der Waals surface area contributed by atoms with Gasteiger partial charge in [-0.25, -0.2) is 0 Å². The normalized spacial score (nSPS) is 15.0. The number of nitrogens with two attached hydrogens (primary N) is 1. The molecule has 2 aromatic carbocycles. The third-order valence-corrected chi connectivity index (χ3v) is 5.09. The number of piperidine rings is 1. The van der Waals surface area contributed by atoms with Gasteiger partial charge >= 0.3 is 0 Å². The minimum absolute atomic E-state index is 0.0287. The van der Waals surface area contributed by atoms with Gasteiger partial charge in [0.25, 0.3) is 0 Å². The second-order valence-electron chi connectivity index (χ2n) is 7.11. The standard InChI is InChI=1S/C23H27N3O2/c1-2-14-28-22-9-4-3-7-20(22)16-25-21-8-5-6-18(15-21)17-26-12-10-19(11-13-26)23(24)27/h1,3-9,15,19,25H,10-14,16-17H2,(H2,24,27). The van der Waals surface area contributed by atoms with E-state index < -0.39 is 0 Å². The van der Waals surface area contributed by atoms with E-state index in [1.807, 2.05) is 24.3 Å². The summed E-state index contributed by atoms with van der Waals surface area (Å²) in [6.45, 7) is 3.62. The van der Waals surface area contributed by atoms with Crippen LogP contribution >= 0.6 is 0 Å². The van der Waals surface area contributed by atoms with Crippen molar-refractivity contribution in [2.45, 2.75) is 25.9 Å². The van der Waals surface area contributed by atoms with E-state index in [2.05, 4.69) is 40.4 Å². The zero-order valence-electron chi connectivity index (χ0n) is 16.1. The number of amides is 1. The lowest BCUT2D eigenvalue weighted by molar-refractivity contribution is -0.123. The molecule has 1 amide bonds. The number of para-hydroxylation sites is 1. The monoisotopic (exact) mass is 377 g/mol. The Morgan fingerprint density at radius 2 is 2.00 bits per heavy atom. The highest BCUT2D eigenvalue weighted by Gasteiger charge is 2.22. The number of terminal acetylenes is 1. The molecule has 0 atom stereocenters. The number of hydrogen-bond acceptors (Lipinski definition) is 4. The van der Waals surface area contributed by atoms with Gasteiger partial charge < -0.3 is 15.8 Å². The molecule has 0 aromatic heterocycles. The summed E-state index contributed by atoms with van der Waals surface area (Å²) in [4.78, 5) is 13.7. The molecule has 0 unspecified atom stereocenters. The highest BCUT2D eigenvalue weighted by Crippen LogP contribution is 2.22. The SMILES string of the molecule is C#CCOc1ccccc1CNc1cccc(CN2CCC(C(N)=O)CC2)c1. The first kappa shape index (κ1) is 19.8. The lowest BCUT2D eigenvalue weighted by Gasteiger charge is -2.30. The minimum atomic E-state index is -0.169. The summed E-state index contributed by atoms with van der Waals surface area (Å²) in [6.07, 6.45) is 6.99. The maximum absolute atomic E-state index is 11.3. The molecule has 3 rings (SSSR count). The lowest BCUT2D eigenvalue weighted by Crippen LogP contribution is -2.38. The molecule has 3 N–H and O–H groups in total. The van der Waals surface area contributed by atoms with Crippen LogP contribution in [0.15, 0.2) is 48.5 Å². The molecule has 1 saturated heterocycles. The third kappa shape index (κ3) is 5.51. The van der Waals surface area contributed by atoms with Gasteiger partial charge in [-0.05, 0) is 49.7 Å². The summed E-state index contributed by atoms with van der Waals surface area (Å²) in [7, 11) is 0. The van der Waals surface area contributed by atoms with Crippen LogP contribution in [0.25, 0.3) is 0 Å². The first-order chi connectivity index (χ1) is 13.7. The average molecular weight is 377 g/mol. The van der Waals surface area contributed by atoms with E-state index in [1.54, 1.807) is 0 Å². The van der Waals surface area contributed by atoms with Crippen LogP contribution in [0.1, 0.15) is 24.0 Å². The van der Waals surface area contributed by atoms with Gasteiger partial charge in [0.05, 0.1) is 0 Å². The number of nitrogens with zero attached hydrogens (tertiary/aromatic N) is 1. The number of carbonyl (C=O) groups is 1. The predicted octanol–water partition coefficient (Wildman–Crippen LogP) is 3.01. The van der Waals surface area contributed by atoms with E-state index in [1.165, 1.54) is 5.56 Å². The molecule has 5 nitrogen and oxygen atoms in total. The van der Waals surface area contributed by atoms with Crippen molar-refractivity contribution >= 4 is 11.6 Å². The zero-order chi connectivity index (χ0) is 19.8. The van der Waals surface area contributed by atoms with E-state index in [0.29, 0.717) is 6.54 Å². The Hall–Kier alpha value is -2.97. The molecule has 1 heterocycles. The van der Waals surface area contributed by atoms with Gasteiger partial charge in [-0.2, -0.15) is 0 Å². The van der Waals surface area contributed by atoms with Crippen LogP contribution in [0.2, 0.25) is 0 Å². The minimum Gasteiger partial charge on any atom is -0.481 e. The Labute approximate surface area is 166 Å². The smallest absolute Gasteiger partial charge is 0.220 e. The molecule has 0 saturated carbocycles. The number of benzene rings is 2. The first-order valence-electron chi connectivity index (χ1n) is 9.64. The Morgan fingerprint density at radius 1 is 1.21 bits per heavy atom. The molecule has 146 valence electrons. The second-order valence-corrected chi connectivity index (χ2v) is 7.11. The van der Waals surface area contributed by atoms with Crippen molar-refractivity contribution in [3.63, 3.8) is 0 Å². The van der Waals surface area contributed by atoms with Crippen LogP contribution in [0, 0.1) is 18.3 Å². The van der Waals surface area contributed by atoms with Crippen molar-refractivity contribution in [1.82, 2.24) is 4.90 Å². The first-order valence-corrected chi connectivity index (χ1v) is 9.64. The van der Waals surface area contributed by atoms with Crippen LogP contribution in [0.4, 0.5) is 5.69 Å². The van der Waals surface area contributed by atoms with Gasteiger partial charge in [-0.3, -0.25) is 9.69 Å². The van der Waals surface area contributed by atoms with Crippen LogP contribution < -0.4 is 15.8 Å². The third-order valence-electron chi connectivity index (χ3n) is 5.09. The molecule has 1 aliphatic rings. The maximum atomic E-state index is 11.3. The van der Waals surface area contributed by atoms with Crippen LogP contribution in [0.5, 0.6) is 5.75 Å². The van der Waals surface area contributed by atoms with Crippen molar-refractivity contribution in [3.05, 3.63) is 59.7 Å². The Bertz CT molecular complexity index is 836. The highest BCUT2D eigenvalue weighted by molar-refractivity contribution is 5.76. The Kier molecular flexibility index (Phi) is 6.94. The van der Waals surface area contributed by atoms with E-state index in [-0.39, 0.29) is 18.4 Å². The Balaban J connectivity index is 1.56. The molecule has 0 aliphatic carbocycles. The fraction of sp³-hybridized carbons (Fsp3) is 0.348.